The van der Waals surface area contributed by atoms with Crippen LogP contribution in [-0.4, -0.2) is 83.5 Å². The van der Waals surface area contributed by atoms with Crippen molar-refractivity contribution in [3.63, 3.8) is 0 Å². The highest BCUT2D eigenvalue weighted by atomic mass is 31.2. The molecule has 0 saturated heterocycles. The van der Waals surface area contributed by atoms with E-state index in [-0.39, 0.29) is 11.6 Å². The molecule has 0 fully saturated rings. The molecule has 0 saturated carbocycles. The Morgan fingerprint density at radius 2 is 1.24 bits per heavy atom. The number of hydrogen-bond acceptors (Lipinski definition) is 2. The SMILES string of the molecule is COB1N(c2c(C(C)C)cccc2C(C)C)C(BB([P+](C)(C)C)[P+](C)(C)C)=CC1([Si](C)(C)C)[Si](C)(C)C. The number of nitrogens with zero attached hydrogens (tertiary/aromatic N) is 1. The molecule has 206 valence electrons. The van der Waals surface area contributed by atoms with E-state index >= 15 is 0 Å². The molecule has 0 radical (unpaired) electrons. The Balaban J connectivity index is 3.05. The quantitative estimate of drug-likeness (QED) is 0.205. The number of para-hydroxylation sites is 1. The highest BCUT2D eigenvalue weighted by Gasteiger charge is 2.67. The topological polar surface area (TPSA) is 12.5 Å². The molecule has 9 heteroatoms. The van der Waals surface area contributed by atoms with Crippen molar-refractivity contribution in [2.45, 2.75) is 83.4 Å². The average Bonchev–Trinajstić information content (AvgIpc) is 3.04. The largest absolute Gasteiger partial charge is 0.476 e. The van der Waals surface area contributed by atoms with Gasteiger partial charge in [-0.2, -0.15) is 0 Å². The Hall–Kier alpha value is 0.209. The molecule has 1 heterocycles. The van der Waals surface area contributed by atoms with Crippen LogP contribution in [0.4, 0.5) is 5.69 Å². The van der Waals surface area contributed by atoms with Crippen LogP contribution in [0.3, 0.4) is 0 Å². The van der Waals surface area contributed by atoms with Gasteiger partial charge in [-0.15, -0.1) is 0 Å². The second kappa shape index (κ2) is 11.2. The predicted molar refractivity (Wildman–Crippen MR) is 190 cm³/mol. The maximum atomic E-state index is 6.76. The van der Waals surface area contributed by atoms with Crippen LogP contribution in [0.2, 0.25) is 43.8 Å². The zero-order valence-corrected chi connectivity index (χ0v) is 31.4. The van der Waals surface area contributed by atoms with Crippen LogP contribution in [0.1, 0.15) is 50.7 Å². The summed E-state index contributed by atoms with van der Waals surface area (Å²) in [5, 5.41) is 0. The van der Waals surface area contributed by atoms with Gasteiger partial charge in [-0.05, 0) is 42.8 Å². The van der Waals surface area contributed by atoms with Crippen LogP contribution in [-0.2, 0) is 4.65 Å². The van der Waals surface area contributed by atoms with E-state index in [1.54, 1.807) is 5.60 Å². The lowest BCUT2D eigenvalue weighted by molar-refractivity contribution is 0.415. The van der Waals surface area contributed by atoms with E-state index in [0.717, 1.165) is 6.04 Å². The highest BCUT2D eigenvalue weighted by Crippen LogP contribution is 2.68. The van der Waals surface area contributed by atoms with Crippen molar-refractivity contribution in [3.8, 4) is 0 Å². The van der Waals surface area contributed by atoms with E-state index in [0.29, 0.717) is 11.8 Å². The normalized spacial score (nSPS) is 17.1. The summed E-state index contributed by atoms with van der Waals surface area (Å²) in [6.07, 6.45) is 2.82. The summed E-state index contributed by atoms with van der Waals surface area (Å²) in [7, 11) is -2.32. The average molecular weight is 575 g/mol. The van der Waals surface area contributed by atoms with Crippen LogP contribution in [0, 0.1) is 0 Å². The molecular formula is C28H58B3NOP2Si2+2. The van der Waals surface area contributed by atoms with E-state index in [2.05, 4.69) is 136 Å². The first-order valence-electron chi connectivity index (χ1n) is 14.3. The zero-order chi connectivity index (χ0) is 28.9. The molecule has 2 nitrogen and oxygen atoms in total. The molecule has 1 aliphatic heterocycles. The van der Waals surface area contributed by atoms with E-state index in [1.165, 1.54) is 24.0 Å². The van der Waals surface area contributed by atoms with Gasteiger partial charge < -0.3 is 9.47 Å². The van der Waals surface area contributed by atoms with E-state index in [4.69, 9.17) is 4.65 Å². The van der Waals surface area contributed by atoms with Crippen molar-refractivity contribution in [2.24, 2.45) is 0 Å². The third kappa shape index (κ3) is 6.43. The Kier molecular flexibility index (Phi) is 10.1. The lowest BCUT2D eigenvalue weighted by Gasteiger charge is -2.51. The second-order valence-electron chi connectivity index (χ2n) is 16.0. The number of allylic oxidation sites excluding steroid dienone is 1. The molecule has 0 aromatic heterocycles. The van der Waals surface area contributed by atoms with E-state index in [9.17, 15) is 0 Å². The highest BCUT2D eigenvalue weighted by molar-refractivity contribution is 8.37. The van der Waals surface area contributed by atoms with Gasteiger partial charge in [0, 0.05) is 57.3 Å². The minimum absolute atomic E-state index is 0.0653. The fourth-order valence-corrected chi connectivity index (χ4v) is 29.3. The van der Waals surface area contributed by atoms with Crippen molar-refractivity contribution in [3.05, 3.63) is 41.0 Å². The molecule has 0 unspecified atom stereocenters. The van der Waals surface area contributed by atoms with Crippen molar-refractivity contribution >= 4 is 56.4 Å². The van der Waals surface area contributed by atoms with Crippen molar-refractivity contribution in [1.29, 1.82) is 0 Å². The standard InChI is InChI=1S/C28H58B3NOP2Si2/c1-22(2)24-19-18-20-25(23(3)4)27(24)32-26(29-31(34(6,7)8)35(9,10)11)21-28(30(32)33-5,36(12,13)14)37(15,16)17/h18-23,29H,1-17H3/q+2. The van der Waals surface area contributed by atoms with Crippen molar-refractivity contribution in [2.75, 3.05) is 51.9 Å². The van der Waals surface area contributed by atoms with Crippen LogP contribution in [0.5, 0.6) is 0 Å². The molecule has 0 spiro atoms. The summed E-state index contributed by atoms with van der Waals surface area (Å²) in [5.41, 5.74) is 5.94. The monoisotopic (exact) mass is 575 g/mol. The first kappa shape index (κ1) is 33.4. The van der Waals surface area contributed by atoms with Gasteiger partial charge >= 0.3 is 13.1 Å². The van der Waals surface area contributed by atoms with Gasteiger partial charge in [0.25, 0.3) is 7.17 Å². The Labute approximate surface area is 236 Å². The molecule has 0 atom stereocenters. The third-order valence-corrected chi connectivity index (χ3v) is 27.1. The maximum absolute atomic E-state index is 6.76. The summed E-state index contributed by atoms with van der Waals surface area (Å²) in [6.45, 7) is 40.4. The Morgan fingerprint density at radius 3 is 1.54 bits per heavy atom. The number of benzene rings is 1. The van der Waals surface area contributed by atoms with Crippen LogP contribution in [0.25, 0.3) is 0 Å². The van der Waals surface area contributed by atoms with E-state index < -0.39 is 30.4 Å². The molecule has 2 rings (SSSR count). The fraction of sp³-hybridized carbons (Fsp3) is 0.714. The molecule has 0 bridgehead atoms. The second-order valence-corrected chi connectivity index (χ2v) is 37.2. The number of hydrogen-bond donors (Lipinski definition) is 0. The molecule has 1 aromatic carbocycles. The molecule has 0 aliphatic carbocycles. The Bertz CT molecular complexity index is 935. The minimum Gasteiger partial charge on any atom is -0.419 e. The van der Waals surface area contributed by atoms with Crippen molar-refractivity contribution < 1.29 is 4.65 Å². The summed E-state index contributed by atoms with van der Waals surface area (Å²) in [6, 6.07) is 7.80. The maximum Gasteiger partial charge on any atom is 0.476 e. The smallest absolute Gasteiger partial charge is 0.419 e. The molecule has 37 heavy (non-hydrogen) atoms. The van der Waals surface area contributed by atoms with E-state index in [1.807, 2.05) is 7.11 Å². The molecule has 1 aliphatic rings. The van der Waals surface area contributed by atoms with Gasteiger partial charge in [0.05, 0.1) is 16.1 Å². The number of anilines is 1. The summed E-state index contributed by atoms with van der Waals surface area (Å²) >= 11 is 0. The minimum atomic E-state index is -1.71. The summed E-state index contributed by atoms with van der Waals surface area (Å²) in [4.78, 5) is 2.76. The van der Waals surface area contributed by atoms with Gasteiger partial charge in [-0.3, -0.25) is 0 Å². The number of rotatable bonds is 10. The van der Waals surface area contributed by atoms with Crippen LogP contribution >= 0.6 is 14.3 Å². The molecular weight excluding hydrogens is 517 g/mol. The lowest BCUT2D eigenvalue weighted by Crippen LogP contribution is -2.64. The van der Waals surface area contributed by atoms with Gasteiger partial charge in [-0.1, -0.05) is 91.3 Å². The fourth-order valence-electron chi connectivity index (χ4n) is 7.33. The lowest BCUT2D eigenvalue weighted by atomic mass is 9.49. The first-order chi connectivity index (χ1) is 16.5. The van der Waals surface area contributed by atoms with Crippen LogP contribution in [0.15, 0.2) is 29.9 Å². The molecule has 0 N–H and O–H groups in total. The van der Waals surface area contributed by atoms with Crippen LogP contribution < -0.4 is 4.81 Å². The summed E-state index contributed by atoms with van der Waals surface area (Å²) in [5.74, 6) is 0.921. The molecule has 1 aromatic rings. The van der Waals surface area contributed by atoms with Gasteiger partial charge in [0.2, 0.25) is 0 Å². The zero-order valence-electron chi connectivity index (χ0n) is 27.6. The van der Waals surface area contributed by atoms with Crippen molar-refractivity contribution in [1.82, 2.24) is 0 Å². The third-order valence-electron chi connectivity index (χ3n) is 8.80. The Morgan fingerprint density at radius 1 is 0.838 bits per heavy atom. The van der Waals surface area contributed by atoms with Gasteiger partial charge in [0.1, 0.15) is 0 Å². The summed E-state index contributed by atoms with van der Waals surface area (Å²) < 4.78 is 6.89. The molecule has 0 amide bonds. The predicted octanol–water partition coefficient (Wildman–Crippen LogP) is 8.46. The van der Waals surface area contributed by atoms with Gasteiger partial charge in [-0.25, -0.2) is 0 Å². The van der Waals surface area contributed by atoms with Gasteiger partial charge in [0.15, 0.2) is 0 Å². The first-order valence-corrected chi connectivity index (χ1v) is 27.7.